The lowest BCUT2D eigenvalue weighted by Gasteiger charge is -2.15. The van der Waals surface area contributed by atoms with E-state index in [0.717, 1.165) is 11.1 Å². The van der Waals surface area contributed by atoms with Gasteiger partial charge in [-0.05, 0) is 60.9 Å². The quantitative estimate of drug-likeness (QED) is 0.0802. The fraction of sp³-hybridized carbons (Fsp3) is 0.152. The van der Waals surface area contributed by atoms with E-state index in [4.69, 9.17) is 23.9 Å². The number of nitrogens with zero attached hydrogens (tertiary/aromatic N) is 1. The van der Waals surface area contributed by atoms with E-state index in [9.17, 15) is 37.1 Å². The van der Waals surface area contributed by atoms with E-state index in [1.165, 1.54) is 12.1 Å². The van der Waals surface area contributed by atoms with E-state index in [1.54, 1.807) is 44.2 Å². The van der Waals surface area contributed by atoms with E-state index in [1.807, 2.05) is 54.1 Å². The van der Waals surface area contributed by atoms with Gasteiger partial charge >= 0.3 is 25.9 Å². The summed E-state index contributed by atoms with van der Waals surface area (Å²) in [6.07, 6.45) is -5.19. The van der Waals surface area contributed by atoms with Gasteiger partial charge in [-0.25, -0.2) is 14.2 Å². The topological polar surface area (TPSA) is 163 Å². The molecule has 0 bridgehead atoms. The summed E-state index contributed by atoms with van der Waals surface area (Å²) >= 11 is 0. The van der Waals surface area contributed by atoms with Crippen LogP contribution in [0.1, 0.15) is 37.4 Å². The monoisotopic (exact) mass is 685 g/mol. The van der Waals surface area contributed by atoms with Crippen molar-refractivity contribution in [2.75, 3.05) is 0 Å². The molecule has 0 radical (unpaired) electrons. The number of aromatic nitrogens is 1. The number of aryl methyl sites for hydroxylation is 3. The van der Waals surface area contributed by atoms with Crippen LogP contribution < -0.4 is 18.9 Å². The van der Waals surface area contributed by atoms with Gasteiger partial charge in [0.25, 0.3) is 0 Å². The molecular weight excluding hydrogens is 658 g/mol. The van der Waals surface area contributed by atoms with Crippen LogP contribution in [0.3, 0.4) is 0 Å². The number of carboxylic acid groups (broad SMARTS) is 1. The number of phosphoric ester groups is 1. The molecule has 0 aliphatic carbocycles. The number of alkyl halides is 3. The number of fused-ring (bicyclic) bond motifs is 2. The number of pyridine rings is 1. The molecular formula is C33H27F3NO10P. The van der Waals surface area contributed by atoms with Crippen molar-refractivity contribution in [3.8, 4) is 11.5 Å². The van der Waals surface area contributed by atoms with Gasteiger partial charge in [0, 0.05) is 12.1 Å². The average Bonchev–Trinajstić information content (AvgIpc) is 3.01. The summed E-state index contributed by atoms with van der Waals surface area (Å²) in [5.41, 5.74) is 3.90. The molecule has 0 aliphatic rings. The standard InChI is InChI=1S/C31H26NO8P.C2HF3O2/c1-19-15-22(30(33)38-18-21-9-5-4-6-10-21)16-20(2)29(19)39-31(34)28-24-11-7-8-12-26(24)32(3)27-14-13-23(17-25(27)28)40-41(35,36)37;3-2(4,5)1(6)7/h4-17H,18H2,1-3H3,(H-,35,36,37);(H,6,7). The zero-order valence-electron chi connectivity index (χ0n) is 25.5. The number of hydrogen-bond acceptors (Lipinski definition) is 8. The van der Waals surface area contributed by atoms with E-state index in [0.29, 0.717) is 38.7 Å². The van der Waals surface area contributed by atoms with Crippen molar-refractivity contribution in [1.29, 1.82) is 0 Å². The van der Waals surface area contributed by atoms with E-state index in [2.05, 4.69) is 0 Å². The van der Waals surface area contributed by atoms with Crippen LogP contribution in [0.25, 0.3) is 21.8 Å². The van der Waals surface area contributed by atoms with Crippen LogP contribution in [0.15, 0.2) is 84.9 Å². The highest BCUT2D eigenvalue weighted by Gasteiger charge is 2.29. The fourth-order valence-corrected chi connectivity index (χ4v) is 5.24. The molecule has 250 valence electrons. The summed E-state index contributed by atoms with van der Waals surface area (Å²) in [6.45, 7) is 3.60. The highest BCUT2D eigenvalue weighted by Crippen LogP contribution is 2.39. The number of hydrogen-bond donors (Lipinski definition) is 2. The number of benzene rings is 4. The SMILES string of the molecule is Cc1cc(C(=O)OCc2ccccc2)cc(C)c1OC(=O)c1c2ccccc2[n+](C)c2ccc(OP(=O)(O)O)cc12.O=C([O-])C(F)(F)F. The number of carboxylic acids is 1. The predicted molar refractivity (Wildman–Crippen MR) is 163 cm³/mol. The first-order chi connectivity index (χ1) is 22.5. The maximum Gasteiger partial charge on any atom is 0.524 e. The minimum atomic E-state index is -5.19. The molecule has 5 rings (SSSR count). The second kappa shape index (κ2) is 14.2. The van der Waals surface area contributed by atoms with Crippen LogP contribution >= 0.6 is 7.82 Å². The smallest absolute Gasteiger partial charge is 0.524 e. The summed E-state index contributed by atoms with van der Waals surface area (Å²) in [5.74, 6) is -3.98. The zero-order valence-corrected chi connectivity index (χ0v) is 26.4. The number of aliphatic carboxylic acids is 1. The Morgan fingerprint density at radius 3 is 1.98 bits per heavy atom. The first kappa shape index (κ1) is 35.6. The number of para-hydroxylation sites is 1. The van der Waals surface area contributed by atoms with Crippen LogP contribution in [-0.2, 0) is 27.8 Å². The molecule has 0 aliphatic heterocycles. The molecule has 0 atom stereocenters. The largest absolute Gasteiger partial charge is 0.542 e. The predicted octanol–water partition coefficient (Wildman–Crippen LogP) is 4.78. The number of rotatable bonds is 7. The minimum absolute atomic E-state index is 0.0964. The molecule has 48 heavy (non-hydrogen) atoms. The van der Waals surface area contributed by atoms with Gasteiger partial charge in [-0.1, -0.05) is 42.5 Å². The molecule has 0 saturated heterocycles. The van der Waals surface area contributed by atoms with Crippen molar-refractivity contribution in [2.45, 2.75) is 26.6 Å². The van der Waals surface area contributed by atoms with Crippen molar-refractivity contribution in [3.05, 3.63) is 113 Å². The van der Waals surface area contributed by atoms with Crippen molar-refractivity contribution >= 4 is 47.5 Å². The molecule has 4 aromatic carbocycles. The maximum absolute atomic E-state index is 13.8. The van der Waals surface area contributed by atoms with Crippen molar-refractivity contribution in [1.82, 2.24) is 0 Å². The number of carbonyl (C=O) groups is 3. The first-order valence-corrected chi connectivity index (χ1v) is 15.4. The molecule has 11 nitrogen and oxygen atoms in total. The van der Waals surface area contributed by atoms with Crippen LogP contribution in [0.5, 0.6) is 11.5 Å². The van der Waals surface area contributed by atoms with Crippen LogP contribution in [-0.4, -0.2) is 33.9 Å². The third-order valence-corrected chi connectivity index (χ3v) is 7.35. The highest BCUT2D eigenvalue weighted by molar-refractivity contribution is 7.46. The molecule has 0 unspecified atom stereocenters. The average molecular weight is 686 g/mol. The molecule has 1 heterocycles. The Balaban J connectivity index is 0.000000671. The number of ether oxygens (including phenoxy) is 2. The summed E-state index contributed by atoms with van der Waals surface area (Å²) in [5, 5.41) is 9.75. The Bertz CT molecular complexity index is 2060. The van der Waals surface area contributed by atoms with Crippen molar-refractivity contribution < 1.29 is 65.6 Å². The zero-order chi connectivity index (χ0) is 35.4. The second-order valence-electron chi connectivity index (χ2n) is 10.4. The highest BCUT2D eigenvalue weighted by atomic mass is 31.2. The third kappa shape index (κ3) is 8.53. The number of phosphoric acid groups is 1. The van der Waals surface area contributed by atoms with Gasteiger partial charge in [0.2, 0.25) is 11.0 Å². The summed E-state index contributed by atoms with van der Waals surface area (Å²) < 4.78 is 61.1. The molecule has 0 saturated carbocycles. The summed E-state index contributed by atoms with van der Waals surface area (Å²) in [6, 6.07) is 24.3. The lowest BCUT2D eigenvalue weighted by molar-refractivity contribution is -0.617. The van der Waals surface area contributed by atoms with Crippen molar-refractivity contribution in [3.63, 3.8) is 0 Å². The van der Waals surface area contributed by atoms with Crippen LogP contribution in [0.4, 0.5) is 13.2 Å². The molecule has 0 fully saturated rings. The molecule has 15 heteroatoms. The maximum atomic E-state index is 13.8. The number of carbonyl (C=O) groups excluding carboxylic acids is 3. The summed E-state index contributed by atoms with van der Waals surface area (Å²) in [4.78, 5) is 54.0. The Morgan fingerprint density at radius 1 is 0.833 bits per heavy atom. The van der Waals surface area contributed by atoms with Gasteiger partial charge in [0.15, 0.2) is 0 Å². The Morgan fingerprint density at radius 2 is 1.40 bits per heavy atom. The second-order valence-corrected chi connectivity index (χ2v) is 11.6. The van der Waals surface area contributed by atoms with E-state index in [-0.39, 0.29) is 17.9 Å². The number of halogens is 3. The van der Waals surface area contributed by atoms with Gasteiger partial charge in [0.1, 0.15) is 31.1 Å². The fourth-order valence-electron chi connectivity index (χ4n) is 4.85. The molecule has 0 amide bonds. The van der Waals surface area contributed by atoms with Gasteiger partial charge in [-0.3, -0.25) is 9.79 Å². The van der Waals surface area contributed by atoms with Gasteiger partial charge < -0.3 is 23.9 Å². The van der Waals surface area contributed by atoms with Crippen LogP contribution in [0.2, 0.25) is 0 Å². The molecule has 0 spiro atoms. The van der Waals surface area contributed by atoms with Crippen LogP contribution in [0, 0.1) is 13.8 Å². The van der Waals surface area contributed by atoms with Crippen molar-refractivity contribution in [2.24, 2.45) is 7.05 Å². The number of esters is 2. The van der Waals surface area contributed by atoms with E-state index >= 15 is 0 Å². The lowest BCUT2D eigenvalue weighted by atomic mass is 10.0. The Kier molecular flexibility index (Phi) is 10.5. The van der Waals surface area contributed by atoms with Gasteiger partial charge in [-0.15, -0.1) is 0 Å². The summed E-state index contributed by atoms with van der Waals surface area (Å²) in [7, 11) is -3.00. The van der Waals surface area contributed by atoms with Gasteiger partial charge in [0.05, 0.1) is 21.9 Å². The Hall–Kier alpha value is -5.30. The molecule has 5 aromatic rings. The Labute approximate surface area is 271 Å². The van der Waals surface area contributed by atoms with Gasteiger partial charge in [-0.2, -0.15) is 17.7 Å². The normalized spacial score (nSPS) is 11.4. The first-order valence-electron chi connectivity index (χ1n) is 13.9. The third-order valence-electron chi connectivity index (χ3n) is 6.90. The minimum Gasteiger partial charge on any atom is -0.542 e. The van der Waals surface area contributed by atoms with E-state index < -0.39 is 31.9 Å². The lowest BCUT2D eigenvalue weighted by Crippen LogP contribution is -2.37. The molecule has 2 N–H and O–H groups in total. The molecule has 1 aromatic heterocycles.